The van der Waals surface area contributed by atoms with Crippen LogP contribution in [0.15, 0.2) is 48.5 Å². The third-order valence-electron chi connectivity index (χ3n) is 2.43. The quantitative estimate of drug-likeness (QED) is 0.750. The smallest absolute Gasteiger partial charge is 0.304 e. The Labute approximate surface area is 115 Å². The van der Waals surface area contributed by atoms with Gasteiger partial charge in [-0.1, -0.05) is 18.2 Å². The van der Waals surface area contributed by atoms with Crippen molar-refractivity contribution in [3.63, 3.8) is 0 Å². The first-order valence-corrected chi connectivity index (χ1v) is 5.77. The molecule has 2 aromatic rings. The average Bonchev–Trinajstić information content (AvgIpc) is 2.48. The van der Waals surface area contributed by atoms with Crippen LogP contribution in [0.1, 0.15) is 5.56 Å². The maximum atomic E-state index is 13.3. The number of urea groups is 1. The van der Waals surface area contributed by atoms with E-state index in [0.29, 0.717) is 11.3 Å². The fraction of sp³-hybridized carbons (Fsp3) is 0. The van der Waals surface area contributed by atoms with Crippen LogP contribution in [-0.4, -0.2) is 6.03 Å². The largest absolute Gasteiger partial charge is 0.337 e. The lowest BCUT2D eigenvalue weighted by Gasteiger charge is -2.10. The van der Waals surface area contributed by atoms with Crippen molar-refractivity contribution in [1.29, 1.82) is 5.26 Å². The average molecular weight is 270 g/mol. The topological polar surface area (TPSA) is 77.0 Å². The van der Waals surface area contributed by atoms with Gasteiger partial charge < -0.3 is 5.32 Å². The van der Waals surface area contributed by atoms with Gasteiger partial charge in [0, 0.05) is 0 Å². The summed E-state index contributed by atoms with van der Waals surface area (Å²) in [6.07, 6.45) is 0. The van der Waals surface area contributed by atoms with Gasteiger partial charge in [-0.3, -0.25) is 10.9 Å². The minimum Gasteiger partial charge on any atom is -0.304 e. The van der Waals surface area contributed by atoms with Gasteiger partial charge in [-0.25, -0.2) is 9.18 Å². The highest BCUT2D eigenvalue weighted by Gasteiger charge is 2.05. The van der Waals surface area contributed by atoms with Crippen LogP contribution >= 0.6 is 0 Å². The van der Waals surface area contributed by atoms with Crippen LogP contribution in [0.3, 0.4) is 0 Å². The van der Waals surface area contributed by atoms with Gasteiger partial charge in [-0.15, -0.1) is 0 Å². The number of carbonyl (C=O) groups is 1. The molecule has 0 aliphatic carbocycles. The van der Waals surface area contributed by atoms with Gasteiger partial charge in [-0.05, 0) is 30.3 Å². The number of rotatable bonds is 3. The second-order valence-electron chi connectivity index (χ2n) is 3.88. The highest BCUT2D eigenvalue weighted by atomic mass is 19.1. The number of benzene rings is 2. The minimum absolute atomic E-state index is 0.0811. The van der Waals surface area contributed by atoms with E-state index in [0.717, 1.165) is 0 Å². The van der Waals surface area contributed by atoms with E-state index in [1.807, 2.05) is 6.07 Å². The first-order chi connectivity index (χ1) is 9.69. The van der Waals surface area contributed by atoms with Crippen LogP contribution in [-0.2, 0) is 0 Å². The lowest BCUT2D eigenvalue weighted by Crippen LogP contribution is -2.33. The fourth-order valence-electron chi connectivity index (χ4n) is 1.51. The molecule has 0 radical (unpaired) electrons. The third-order valence-corrected chi connectivity index (χ3v) is 2.43. The Morgan fingerprint density at radius 1 is 1.15 bits per heavy atom. The van der Waals surface area contributed by atoms with Crippen LogP contribution < -0.4 is 16.2 Å². The summed E-state index contributed by atoms with van der Waals surface area (Å²) in [7, 11) is 0. The first kappa shape index (κ1) is 13.4. The number of anilines is 2. The number of para-hydroxylation sites is 1. The lowest BCUT2D eigenvalue weighted by atomic mass is 10.2. The normalized spacial score (nSPS) is 9.40. The van der Waals surface area contributed by atoms with Gasteiger partial charge >= 0.3 is 6.03 Å². The number of nitrogens with zero attached hydrogens (tertiary/aromatic N) is 1. The molecule has 0 aliphatic rings. The molecular weight excluding hydrogens is 259 g/mol. The van der Waals surface area contributed by atoms with Crippen molar-refractivity contribution in [3.05, 3.63) is 59.9 Å². The van der Waals surface area contributed by atoms with Crippen molar-refractivity contribution in [3.8, 4) is 6.07 Å². The maximum Gasteiger partial charge on any atom is 0.337 e. The molecule has 0 saturated carbocycles. The zero-order valence-electron chi connectivity index (χ0n) is 10.4. The number of halogens is 1. The standard InChI is InChI=1S/C14H11FN4O/c15-12-6-1-2-7-13(12)17-14(20)19-18-11-5-3-4-10(8-11)9-16/h1-8,18H,(H2,17,19,20). The number of nitriles is 1. The van der Waals surface area contributed by atoms with E-state index in [2.05, 4.69) is 16.2 Å². The number of hydrazine groups is 1. The molecule has 0 fully saturated rings. The molecule has 2 aromatic carbocycles. The van der Waals surface area contributed by atoms with E-state index >= 15 is 0 Å². The van der Waals surface area contributed by atoms with Crippen molar-refractivity contribution in [2.45, 2.75) is 0 Å². The molecule has 2 rings (SSSR count). The Bertz CT molecular complexity index is 666. The van der Waals surface area contributed by atoms with Gasteiger partial charge in [0.1, 0.15) is 5.82 Å². The van der Waals surface area contributed by atoms with E-state index in [9.17, 15) is 9.18 Å². The van der Waals surface area contributed by atoms with Crippen LogP contribution in [0, 0.1) is 17.1 Å². The Morgan fingerprint density at radius 3 is 2.70 bits per heavy atom. The number of nitrogens with one attached hydrogen (secondary N) is 3. The zero-order valence-corrected chi connectivity index (χ0v) is 10.4. The monoisotopic (exact) mass is 270 g/mol. The zero-order chi connectivity index (χ0) is 14.4. The summed E-state index contributed by atoms with van der Waals surface area (Å²) in [5.74, 6) is -0.519. The first-order valence-electron chi connectivity index (χ1n) is 5.77. The molecule has 0 heterocycles. The van der Waals surface area contributed by atoms with Crippen LogP contribution in [0.5, 0.6) is 0 Å². The predicted octanol–water partition coefficient (Wildman–Crippen LogP) is 2.85. The molecule has 0 aromatic heterocycles. The van der Waals surface area contributed by atoms with E-state index in [1.54, 1.807) is 30.3 Å². The van der Waals surface area contributed by atoms with Crippen molar-refractivity contribution < 1.29 is 9.18 Å². The van der Waals surface area contributed by atoms with E-state index in [1.165, 1.54) is 18.2 Å². The number of hydrogen-bond acceptors (Lipinski definition) is 3. The summed E-state index contributed by atoms with van der Waals surface area (Å²) >= 11 is 0. The molecule has 100 valence electrons. The number of carbonyl (C=O) groups excluding carboxylic acids is 1. The maximum absolute atomic E-state index is 13.3. The summed E-state index contributed by atoms with van der Waals surface area (Å²) in [6.45, 7) is 0. The Balaban J connectivity index is 1.93. The Morgan fingerprint density at radius 2 is 1.95 bits per heavy atom. The van der Waals surface area contributed by atoms with E-state index < -0.39 is 11.8 Å². The highest BCUT2D eigenvalue weighted by molar-refractivity contribution is 5.90. The Kier molecular flexibility index (Phi) is 4.14. The molecule has 0 spiro atoms. The third kappa shape index (κ3) is 3.46. The van der Waals surface area contributed by atoms with Crippen molar-refractivity contribution >= 4 is 17.4 Å². The molecule has 6 heteroatoms. The highest BCUT2D eigenvalue weighted by Crippen LogP contribution is 2.12. The van der Waals surface area contributed by atoms with Gasteiger partial charge in [0.15, 0.2) is 0 Å². The number of hydrogen-bond donors (Lipinski definition) is 3. The summed E-state index contributed by atoms with van der Waals surface area (Å²) in [6, 6.07) is 13.8. The van der Waals surface area contributed by atoms with Crippen LogP contribution in [0.2, 0.25) is 0 Å². The summed E-state index contributed by atoms with van der Waals surface area (Å²) < 4.78 is 13.3. The van der Waals surface area contributed by atoms with Gasteiger partial charge in [-0.2, -0.15) is 5.26 Å². The van der Waals surface area contributed by atoms with Gasteiger partial charge in [0.25, 0.3) is 0 Å². The fourth-order valence-corrected chi connectivity index (χ4v) is 1.51. The number of amides is 2. The second-order valence-corrected chi connectivity index (χ2v) is 3.88. The van der Waals surface area contributed by atoms with E-state index in [4.69, 9.17) is 5.26 Å². The van der Waals surface area contributed by atoms with Crippen molar-refractivity contribution in [1.82, 2.24) is 5.43 Å². The Hall–Kier alpha value is -3.07. The SMILES string of the molecule is N#Cc1cccc(NNC(=O)Nc2ccccc2F)c1. The molecular formula is C14H11FN4O. The van der Waals surface area contributed by atoms with E-state index in [-0.39, 0.29) is 5.69 Å². The minimum atomic E-state index is -0.613. The molecule has 20 heavy (non-hydrogen) atoms. The molecule has 0 aliphatic heterocycles. The summed E-state index contributed by atoms with van der Waals surface area (Å²) in [4.78, 5) is 11.6. The summed E-state index contributed by atoms with van der Waals surface area (Å²) in [5.41, 5.74) is 6.07. The van der Waals surface area contributed by atoms with Crippen molar-refractivity contribution in [2.24, 2.45) is 0 Å². The molecule has 5 nitrogen and oxygen atoms in total. The molecule has 3 N–H and O–H groups in total. The summed E-state index contributed by atoms with van der Waals surface area (Å²) in [5, 5.41) is 11.1. The van der Waals surface area contributed by atoms with Crippen LogP contribution in [0.25, 0.3) is 0 Å². The van der Waals surface area contributed by atoms with Crippen LogP contribution in [0.4, 0.5) is 20.6 Å². The molecule has 0 saturated heterocycles. The van der Waals surface area contributed by atoms with Gasteiger partial charge in [0.05, 0.1) is 23.0 Å². The van der Waals surface area contributed by atoms with Gasteiger partial charge in [0.2, 0.25) is 0 Å². The lowest BCUT2D eigenvalue weighted by molar-refractivity contribution is 0.253. The molecule has 0 atom stereocenters. The predicted molar refractivity (Wildman–Crippen MR) is 73.3 cm³/mol. The van der Waals surface area contributed by atoms with Crippen molar-refractivity contribution in [2.75, 3.05) is 10.7 Å². The molecule has 2 amide bonds. The second kappa shape index (κ2) is 6.20. The molecule has 0 bridgehead atoms. The molecule has 0 unspecified atom stereocenters.